The molecule has 0 atom stereocenters. The Morgan fingerprint density at radius 3 is 2.64 bits per heavy atom. The smallest absolute Gasteiger partial charge is 0.274 e. The molecule has 0 aliphatic heterocycles. The molecular weight excluding hydrogens is 298 g/mol. The second-order valence-corrected chi connectivity index (χ2v) is 5.81. The second-order valence-electron chi connectivity index (χ2n) is 5.37. The summed E-state index contributed by atoms with van der Waals surface area (Å²) in [4.78, 5) is 17.0. The maximum absolute atomic E-state index is 12.6. The topological polar surface area (TPSA) is 46.4 Å². The van der Waals surface area contributed by atoms with Gasteiger partial charge < -0.3 is 5.32 Å². The minimum Gasteiger partial charge on any atom is -0.321 e. The molecule has 3 rings (SSSR count). The molecule has 0 spiro atoms. The van der Waals surface area contributed by atoms with E-state index in [2.05, 4.69) is 10.3 Å². The van der Waals surface area contributed by atoms with Gasteiger partial charge in [0.25, 0.3) is 5.91 Å². The Hall–Kier alpha value is -2.33. The number of rotatable bonds is 2. The van der Waals surface area contributed by atoms with Crippen molar-refractivity contribution in [2.75, 3.05) is 5.32 Å². The molecule has 0 bridgehead atoms. The predicted octanol–water partition coefficient (Wildman–Crippen LogP) is 4.17. The van der Waals surface area contributed by atoms with Crippen molar-refractivity contribution >= 4 is 28.8 Å². The highest BCUT2D eigenvalue weighted by atomic mass is 35.5. The van der Waals surface area contributed by atoms with Crippen LogP contribution in [0.25, 0.3) is 5.65 Å². The van der Waals surface area contributed by atoms with E-state index in [0.29, 0.717) is 22.1 Å². The first kappa shape index (κ1) is 14.6. The molecule has 0 saturated heterocycles. The molecular formula is C17H16ClN3O. The number of hydrogen-bond donors (Lipinski definition) is 1. The lowest BCUT2D eigenvalue weighted by molar-refractivity contribution is 0.102. The average Bonchev–Trinajstić information content (AvgIpc) is 2.78. The molecule has 0 unspecified atom stereocenters. The number of benzene rings is 1. The predicted molar refractivity (Wildman–Crippen MR) is 88.8 cm³/mol. The van der Waals surface area contributed by atoms with Crippen LogP contribution in [0.5, 0.6) is 0 Å². The van der Waals surface area contributed by atoms with Crippen molar-refractivity contribution in [3.8, 4) is 0 Å². The number of imidazole rings is 1. The Morgan fingerprint density at radius 2 is 1.91 bits per heavy atom. The number of carbonyl (C=O) groups excluding carboxylic acids is 1. The number of hydrogen-bond acceptors (Lipinski definition) is 2. The van der Waals surface area contributed by atoms with Crippen molar-refractivity contribution < 1.29 is 4.79 Å². The lowest BCUT2D eigenvalue weighted by Gasteiger charge is -2.08. The van der Waals surface area contributed by atoms with Gasteiger partial charge in [0.1, 0.15) is 11.3 Å². The summed E-state index contributed by atoms with van der Waals surface area (Å²) in [5.41, 5.74) is 4.96. The van der Waals surface area contributed by atoms with Crippen LogP contribution in [-0.2, 0) is 0 Å². The highest BCUT2D eigenvalue weighted by molar-refractivity contribution is 6.30. The van der Waals surface area contributed by atoms with Crippen LogP contribution < -0.4 is 5.32 Å². The minimum absolute atomic E-state index is 0.185. The van der Waals surface area contributed by atoms with Crippen LogP contribution >= 0.6 is 11.6 Å². The van der Waals surface area contributed by atoms with E-state index in [-0.39, 0.29) is 5.91 Å². The van der Waals surface area contributed by atoms with E-state index in [4.69, 9.17) is 11.6 Å². The summed E-state index contributed by atoms with van der Waals surface area (Å²) in [6.45, 7) is 5.88. The van der Waals surface area contributed by atoms with Gasteiger partial charge in [-0.3, -0.25) is 9.20 Å². The fourth-order valence-corrected chi connectivity index (χ4v) is 2.57. The molecule has 0 saturated carbocycles. The summed E-state index contributed by atoms with van der Waals surface area (Å²) in [5, 5.41) is 3.52. The number of anilines is 1. The van der Waals surface area contributed by atoms with E-state index in [1.54, 1.807) is 22.7 Å². The first-order valence-electron chi connectivity index (χ1n) is 6.98. The van der Waals surface area contributed by atoms with Gasteiger partial charge in [-0.15, -0.1) is 0 Å². The molecule has 1 aromatic carbocycles. The Labute approximate surface area is 133 Å². The molecule has 22 heavy (non-hydrogen) atoms. The number of halogens is 1. The van der Waals surface area contributed by atoms with Gasteiger partial charge in [-0.1, -0.05) is 17.7 Å². The fraction of sp³-hybridized carbons (Fsp3) is 0.176. The Morgan fingerprint density at radius 1 is 1.14 bits per heavy atom. The first-order chi connectivity index (χ1) is 10.5. The minimum atomic E-state index is -0.185. The summed E-state index contributed by atoms with van der Waals surface area (Å²) in [6, 6.07) is 9.33. The molecule has 0 radical (unpaired) electrons. The van der Waals surface area contributed by atoms with Crippen LogP contribution in [0.1, 0.15) is 27.3 Å². The van der Waals surface area contributed by atoms with Crippen molar-refractivity contribution in [3.63, 3.8) is 0 Å². The Kier molecular flexibility index (Phi) is 3.62. The third-order valence-electron chi connectivity index (χ3n) is 3.74. The zero-order chi connectivity index (χ0) is 15.9. The number of carbonyl (C=O) groups is 1. The van der Waals surface area contributed by atoms with Gasteiger partial charge >= 0.3 is 0 Å². The molecule has 0 aliphatic rings. The number of pyridine rings is 1. The Bertz CT molecular complexity index is 883. The quantitative estimate of drug-likeness (QED) is 0.772. The SMILES string of the molecule is Cc1ccc(NC(=O)c2c(C)nc3cc(Cl)ccn23)cc1C. The number of amides is 1. The van der Waals surface area contributed by atoms with E-state index in [1.165, 1.54) is 5.56 Å². The standard InChI is InChI=1S/C17H16ClN3O/c1-10-4-5-14(8-11(10)2)20-17(22)16-12(3)19-15-9-13(18)6-7-21(15)16/h4-9H,1-3H3,(H,20,22). The normalized spacial score (nSPS) is 10.9. The van der Waals surface area contributed by atoms with Crippen molar-refractivity contribution in [1.29, 1.82) is 0 Å². The molecule has 0 aliphatic carbocycles. The van der Waals surface area contributed by atoms with Gasteiger partial charge in [0, 0.05) is 23.0 Å². The molecule has 2 aromatic heterocycles. The molecule has 2 heterocycles. The summed E-state index contributed by atoms with van der Waals surface area (Å²) in [6.07, 6.45) is 1.76. The number of nitrogens with zero attached hydrogens (tertiary/aromatic N) is 2. The van der Waals surface area contributed by atoms with E-state index in [1.807, 2.05) is 39.0 Å². The number of aryl methyl sites for hydroxylation is 3. The van der Waals surface area contributed by atoms with Crippen LogP contribution in [-0.4, -0.2) is 15.3 Å². The third kappa shape index (κ3) is 2.57. The number of nitrogens with one attached hydrogen (secondary N) is 1. The lowest BCUT2D eigenvalue weighted by Crippen LogP contribution is -2.15. The Balaban J connectivity index is 1.98. The fourth-order valence-electron chi connectivity index (χ4n) is 2.42. The molecule has 4 nitrogen and oxygen atoms in total. The molecule has 1 amide bonds. The largest absolute Gasteiger partial charge is 0.321 e. The van der Waals surface area contributed by atoms with E-state index in [0.717, 1.165) is 11.3 Å². The van der Waals surface area contributed by atoms with Crippen LogP contribution in [0.3, 0.4) is 0 Å². The highest BCUT2D eigenvalue weighted by Crippen LogP contribution is 2.19. The van der Waals surface area contributed by atoms with Gasteiger partial charge in [0.2, 0.25) is 0 Å². The summed E-state index contributed by atoms with van der Waals surface area (Å²) < 4.78 is 1.75. The van der Waals surface area contributed by atoms with E-state index < -0.39 is 0 Å². The van der Waals surface area contributed by atoms with Crippen LogP contribution in [0, 0.1) is 20.8 Å². The third-order valence-corrected chi connectivity index (χ3v) is 3.98. The van der Waals surface area contributed by atoms with Gasteiger partial charge in [-0.2, -0.15) is 0 Å². The molecule has 3 aromatic rings. The molecule has 0 fully saturated rings. The van der Waals surface area contributed by atoms with Crippen LogP contribution in [0.15, 0.2) is 36.5 Å². The summed E-state index contributed by atoms with van der Waals surface area (Å²) in [5.74, 6) is -0.185. The highest BCUT2D eigenvalue weighted by Gasteiger charge is 2.17. The maximum Gasteiger partial charge on any atom is 0.274 e. The summed E-state index contributed by atoms with van der Waals surface area (Å²) in [7, 11) is 0. The van der Waals surface area contributed by atoms with E-state index in [9.17, 15) is 4.79 Å². The second kappa shape index (κ2) is 5.46. The molecule has 5 heteroatoms. The summed E-state index contributed by atoms with van der Waals surface area (Å²) >= 11 is 5.97. The zero-order valence-corrected chi connectivity index (χ0v) is 13.4. The lowest BCUT2D eigenvalue weighted by atomic mass is 10.1. The zero-order valence-electron chi connectivity index (χ0n) is 12.6. The molecule has 1 N–H and O–H groups in total. The van der Waals surface area contributed by atoms with E-state index >= 15 is 0 Å². The monoisotopic (exact) mass is 313 g/mol. The van der Waals surface area contributed by atoms with Crippen LogP contribution in [0.4, 0.5) is 5.69 Å². The maximum atomic E-state index is 12.6. The first-order valence-corrected chi connectivity index (χ1v) is 7.36. The van der Waals surface area contributed by atoms with Crippen molar-refractivity contribution in [1.82, 2.24) is 9.38 Å². The average molecular weight is 314 g/mol. The van der Waals surface area contributed by atoms with Crippen molar-refractivity contribution in [2.24, 2.45) is 0 Å². The van der Waals surface area contributed by atoms with Gasteiger partial charge in [-0.25, -0.2) is 4.98 Å². The van der Waals surface area contributed by atoms with Crippen molar-refractivity contribution in [3.05, 3.63) is 64.1 Å². The van der Waals surface area contributed by atoms with Gasteiger partial charge in [-0.05, 0) is 50.1 Å². The van der Waals surface area contributed by atoms with Crippen LogP contribution in [0.2, 0.25) is 5.02 Å². The van der Waals surface area contributed by atoms with Crippen molar-refractivity contribution in [2.45, 2.75) is 20.8 Å². The van der Waals surface area contributed by atoms with Gasteiger partial charge in [0.15, 0.2) is 0 Å². The number of aromatic nitrogens is 2. The molecule has 112 valence electrons. The number of fused-ring (bicyclic) bond motifs is 1. The van der Waals surface area contributed by atoms with Gasteiger partial charge in [0.05, 0.1) is 5.69 Å².